The highest BCUT2D eigenvalue weighted by Crippen LogP contribution is 2.32. The molecule has 2 unspecified atom stereocenters. The zero-order valence-electron chi connectivity index (χ0n) is 8.53. The average Bonchev–Trinajstić information content (AvgIpc) is 2.58. The van der Waals surface area contributed by atoms with Crippen LogP contribution in [0, 0.1) is 17.7 Å². The van der Waals surface area contributed by atoms with Crippen molar-refractivity contribution in [2.45, 2.75) is 19.8 Å². The second kappa shape index (κ2) is 3.65. The Hall–Kier alpha value is -1.38. The molecule has 1 aliphatic carbocycles. The van der Waals surface area contributed by atoms with Crippen LogP contribution in [0.1, 0.15) is 18.1 Å². The number of aliphatic carboxylic acids is 1. The summed E-state index contributed by atoms with van der Waals surface area (Å²) in [5.41, 5.74) is 2.06. The maximum absolute atomic E-state index is 12.9. The summed E-state index contributed by atoms with van der Waals surface area (Å²) in [7, 11) is 0. The van der Waals surface area contributed by atoms with E-state index in [0.29, 0.717) is 6.42 Å². The van der Waals surface area contributed by atoms with Crippen molar-refractivity contribution in [2.75, 3.05) is 0 Å². The number of halogens is 1. The molecule has 0 amide bonds. The second-order valence-corrected chi connectivity index (χ2v) is 4.21. The summed E-state index contributed by atoms with van der Waals surface area (Å²) in [4.78, 5) is 10.8. The van der Waals surface area contributed by atoms with E-state index >= 15 is 0 Å². The lowest BCUT2D eigenvalue weighted by molar-refractivity contribution is -0.142. The number of carbonyl (C=O) groups is 1. The summed E-state index contributed by atoms with van der Waals surface area (Å²) < 4.78 is 12.9. The van der Waals surface area contributed by atoms with Crippen LogP contribution < -0.4 is 0 Å². The van der Waals surface area contributed by atoms with Crippen molar-refractivity contribution in [3.63, 3.8) is 0 Å². The fourth-order valence-corrected chi connectivity index (χ4v) is 2.18. The fourth-order valence-electron chi connectivity index (χ4n) is 2.18. The van der Waals surface area contributed by atoms with Crippen molar-refractivity contribution in [1.29, 1.82) is 0 Å². The molecule has 0 aromatic heterocycles. The van der Waals surface area contributed by atoms with E-state index in [0.717, 1.165) is 17.5 Å². The monoisotopic (exact) mass is 208 g/mol. The van der Waals surface area contributed by atoms with Gasteiger partial charge in [0, 0.05) is 0 Å². The first-order valence-electron chi connectivity index (χ1n) is 5.08. The van der Waals surface area contributed by atoms with E-state index in [4.69, 9.17) is 5.11 Å². The van der Waals surface area contributed by atoms with Crippen molar-refractivity contribution in [3.05, 3.63) is 35.1 Å². The van der Waals surface area contributed by atoms with Crippen LogP contribution >= 0.6 is 0 Å². The van der Waals surface area contributed by atoms with Gasteiger partial charge in [-0.15, -0.1) is 0 Å². The van der Waals surface area contributed by atoms with Crippen LogP contribution in [0.25, 0.3) is 0 Å². The van der Waals surface area contributed by atoms with Crippen molar-refractivity contribution in [2.24, 2.45) is 11.8 Å². The van der Waals surface area contributed by atoms with Gasteiger partial charge in [0.2, 0.25) is 0 Å². The Morgan fingerprint density at radius 3 is 2.80 bits per heavy atom. The molecule has 2 rings (SSSR count). The standard InChI is InChI=1S/C12H13FO2/c1-7(12(14)15)9-4-8-2-3-11(13)6-10(8)5-9/h2-3,6-7,9H,4-5H2,1H3,(H,14,15). The van der Waals surface area contributed by atoms with E-state index in [1.165, 1.54) is 12.1 Å². The number of hydrogen-bond donors (Lipinski definition) is 1. The molecule has 1 aliphatic rings. The molecular formula is C12H13FO2. The van der Waals surface area contributed by atoms with E-state index in [9.17, 15) is 9.18 Å². The smallest absolute Gasteiger partial charge is 0.306 e. The Balaban J connectivity index is 2.19. The minimum atomic E-state index is -0.770. The van der Waals surface area contributed by atoms with Gasteiger partial charge in [0.15, 0.2) is 0 Å². The Kier molecular flexibility index (Phi) is 2.47. The third-order valence-corrected chi connectivity index (χ3v) is 3.23. The number of fused-ring (bicyclic) bond motifs is 1. The lowest BCUT2D eigenvalue weighted by atomic mass is 9.91. The van der Waals surface area contributed by atoms with Crippen LogP contribution in [0.2, 0.25) is 0 Å². The summed E-state index contributed by atoms with van der Waals surface area (Å²) in [5, 5.41) is 8.90. The number of carboxylic acid groups (broad SMARTS) is 1. The molecular weight excluding hydrogens is 195 g/mol. The molecule has 1 aromatic rings. The molecule has 0 bridgehead atoms. The largest absolute Gasteiger partial charge is 0.481 e. The molecule has 0 fully saturated rings. The first kappa shape index (κ1) is 10.1. The van der Waals surface area contributed by atoms with Crippen LogP contribution in [-0.4, -0.2) is 11.1 Å². The lowest BCUT2D eigenvalue weighted by Crippen LogP contribution is -2.20. The number of benzene rings is 1. The molecule has 1 aromatic carbocycles. The molecule has 15 heavy (non-hydrogen) atoms. The summed E-state index contributed by atoms with van der Waals surface area (Å²) in [6.45, 7) is 1.72. The normalized spacial score (nSPS) is 21.1. The van der Waals surface area contributed by atoms with Crippen LogP contribution in [0.3, 0.4) is 0 Å². The molecule has 2 atom stereocenters. The molecule has 0 saturated carbocycles. The predicted octanol–water partition coefficient (Wildman–Crippen LogP) is 2.26. The molecule has 2 nitrogen and oxygen atoms in total. The summed E-state index contributed by atoms with van der Waals surface area (Å²) in [6.07, 6.45) is 1.43. The third-order valence-electron chi connectivity index (χ3n) is 3.23. The Bertz CT molecular complexity index is 401. The highest BCUT2D eigenvalue weighted by Gasteiger charge is 2.29. The number of rotatable bonds is 2. The summed E-state index contributed by atoms with van der Waals surface area (Å²) in [5.74, 6) is -1.26. The van der Waals surface area contributed by atoms with Gasteiger partial charge in [-0.25, -0.2) is 4.39 Å². The lowest BCUT2D eigenvalue weighted by Gasteiger charge is -2.13. The Morgan fingerprint density at radius 1 is 1.47 bits per heavy atom. The zero-order valence-corrected chi connectivity index (χ0v) is 8.53. The SMILES string of the molecule is CC(C(=O)O)C1Cc2ccc(F)cc2C1. The molecule has 0 aliphatic heterocycles. The maximum Gasteiger partial charge on any atom is 0.306 e. The van der Waals surface area contributed by atoms with Gasteiger partial charge >= 0.3 is 5.97 Å². The van der Waals surface area contributed by atoms with Gasteiger partial charge < -0.3 is 5.11 Å². The average molecular weight is 208 g/mol. The second-order valence-electron chi connectivity index (χ2n) is 4.21. The van der Waals surface area contributed by atoms with E-state index in [-0.39, 0.29) is 17.7 Å². The van der Waals surface area contributed by atoms with Crippen molar-refractivity contribution >= 4 is 5.97 Å². The van der Waals surface area contributed by atoms with Crippen molar-refractivity contribution < 1.29 is 14.3 Å². The van der Waals surface area contributed by atoms with E-state index < -0.39 is 5.97 Å². The zero-order chi connectivity index (χ0) is 11.0. The maximum atomic E-state index is 12.9. The first-order valence-corrected chi connectivity index (χ1v) is 5.08. The molecule has 0 saturated heterocycles. The number of carboxylic acids is 1. The van der Waals surface area contributed by atoms with Gasteiger partial charge in [0.25, 0.3) is 0 Å². The van der Waals surface area contributed by atoms with Crippen LogP contribution in [0.15, 0.2) is 18.2 Å². The van der Waals surface area contributed by atoms with Gasteiger partial charge in [-0.05, 0) is 42.0 Å². The van der Waals surface area contributed by atoms with E-state index in [1.807, 2.05) is 0 Å². The van der Waals surface area contributed by atoms with Gasteiger partial charge in [0.05, 0.1) is 5.92 Å². The van der Waals surface area contributed by atoms with E-state index in [1.54, 1.807) is 13.0 Å². The fraction of sp³-hybridized carbons (Fsp3) is 0.417. The minimum Gasteiger partial charge on any atom is -0.481 e. The molecule has 0 spiro atoms. The van der Waals surface area contributed by atoms with Crippen molar-refractivity contribution in [1.82, 2.24) is 0 Å². The van der Waals surface area contributed by atoms with E-state index in [2.05, 4.69) is 0 Å². The third kappa shape index (κ3) is 1.87. The molecule has 1 N–H and O–H groups in total. The van der Waals surface area contributed by atoms with Gasteiger partial charge in [-0.1, -0.05) is 13.0 Å². The Labute approximate surface area is 87.7 Å². The summed E-state index contributed by atoms with van der Waals surface area (Å²) >= 11 is 0. The van der Waals surface area contributed by atoms with Gasteiger partial charge in [-0.3, -0.25) is 4.79 Å². The first-order chi connectivity index (χ1) is 7.08. The highest BCUT2D eigenvalue weighted by atomic mass is 19.1. The molecule has 80 valence electrons. The molecule has 3 heteroatoms. The highest BCUT2D eigenvalue weighted by molar-refractivity contribution is 5.70. The van der Waals surface area contributed by atoms with Crippen LogP contribution in [0.5, 0.6) is 0 Å². The predicted molar refractivity (Wildman–Crippen MR) is 54.1 cm³/mol. The van der Waals surface area contributed by atoms with Gasteiger partial charge in [-0.2, -0.15) is 0 Å². The number of hydrogen-bond acceptors (Lipinski definition) is 1. The topological polar surface area (TPSA) is 37.3 Å². The Morgan fingerprint density at radius 2 is 2.13 bits per heavy atom. The van der Waals surface area contributed by atoms with Crippen LogP contribution in [0.4, 0.5) is 4.39 Å². The van der Waals surface area contributed by atoms with Gasteiger partial charge in [0.1, 0.15) is 5.82 Å². The summed E-state index contributed by atoms with van der Waals surface area (Å²) in [6, 6.07) is 4.72. The molecule has 0 radical (unpaired) electrons. The van der Waals surface area contributed by atoms with Crippen LogP contribution in [-0.2, 0) is 17.6 Å². The minimum absolute atomic E-state index is 0.110. The van der Waals surface area contributed by atoms with Crippen molar-refractivity contribution in [3.8, 4) is 0 Å². The molecule has 0 heterocycles. The quantitative estimate of drug-likeness (QED) is 0.809.